The maximum Gasteiger partial charge on any atom is 0.408 e. The van der Waals surface area contributed by atoms with Crippen molar-refractivity contribution in [2.45, 2.75) is 51.4 Å². The second-order valence-corrected chi connectivity index (χ2v) is 7.80. The van der Waals surface area contributed by atoms with Crippen LogP contribution in [0.1, 0.15) is 32.8 Å². The van der Waals surface area contributed by atoms with Crippen molar-refractivity contribution in [2.75, 3.05) is 0 Å². The molecule has 162 valence electrons. The van der Waals surface area contributed by atoms with Crippen molar-refractivity contribution in [1.29, 1.82) is 0 Å². The zero-order chi connectivity index (χ0) is 22.5. The molecule has 0 bridgehead atoms. The Hall–Kier alpha value is -3.43. The van der Waals surface area contributed by atoms with Gasteiger partial charge in [-0.3, -0.25) is 19.7 Å². The van der Waals surface area contributed by atoms with Crippen molar-refractivity contribution in [1.82, 2.24) is 10.6 Å². The first-order valence-corrected chi connectivity index (χ1v) is 9.26. The molecular formula is C20H24N2O8. The van der Waals surface area contributed by atoms with Crippen LogP contribution in [0, 0.1) is 5.92 Å². The van der Waals surface area contributed by atoms with Crippen LogP contribution < -0.4 is 10.6 Å². The predicted octanol–water partition coefficient (Wildman–Crippen LogP) is 0.782. The van der Waals surface area contributed by atoms with E-state index < -0.39 is 59.9 Å². The number of aliphatic carboxylic acids is 1. The Morgan fingerprint density at radius 3 is 2.33 bits per heavy atom. The van der Waals surface area contributed by atoms with Crippen molar-refractivity contribution < 1.29 is 38.6 Å². The first-order valence-electron chi connectivity index (χ1n) is 9.26. The number of carbonyl (C=O) groups excluding carboxylic acids is 4. The third-order valence-electron chi connectivity index (χ3n) is 4.10. The molecule has 0 saturated carbocycles. The van der Waals surface area contributed by atoms with E-state index in [0.29, 0.717) is 0 Å². The molecule has 0 aromatic heterocycles. The molecule has 1 aromatic carbocycles. The first-order chi connectivity index (χ1) is 14.0. The Bertz CT molecular complexity index is 831. The first kappa shape index (κ1) is 22.9. The maximum absolute atomic E-state index is 12.5. The lowest BCUT2D eigenvalue weighted by Crippen LogP contribution is -2.47. The van der Waals surface area contributed by atoms with Gasteiger partial charge in [0.2, 0.25) is 5.91 Å². The largest absolute Gasteiger partial charge is 0.481 e. The van der Waals surface area contributed by atoms with E-state index in [1.807, 2.05) is 0 Å². The average molecular weight is 420 g/mol. The molecule has 0 radical (unpaired) electrons. The Kier molecular flexibility index (Phi) is 7.14. The van der Waals surface area contributed by atoms with Crippen molar-refractivity contribution >= 4 is 29.8 Å². The second-order valence-electron chi connectivity index (χ2n) is 7.80. The molecule has 10 nitrogen and oxygen atoms in total. The van der Waals surface area contributed by atoms with Gasteiger partial charge in [0.1, 0.15) is 11.6 Å². The smallest absolute Gasteiger partial charge is 0.408 e. The van der Waals surface area contributed by atoms with Crippen LogP contribution in [0.5, 0.6) is 0 Å². The normalized spacial score (nSPS) is 19.6. The van der Waals surface area contributed by atoms with Gasteiger partial charge in [0.15, 0.2) is 6.10 Å². The molecule has 2 rings (SSSR count). The summed E-state index contributed by atoms with van der Waals surface area (Å²) >= 11 is 0. The highest BCUT2D eigenvalue weighted by molar-refractivity contribution is 6.07. The summed E-state index contributed by atoms with van der Waals surface area (Å²) in [7, 11) is 0. The van der Waals surface area contributed by atoms with E-state index in [4.69, 9.17) is 14.6 Å². The van der Waals surface area contributed by atoms with Crippen LogP contribution in [0.4, 0.5) is 4.79 Å². The summed E-state index contributed by atoms with van der Waals surface area (Å²) in [6.45, 7) is 4.79. The zero-order valence-electron chi connectivity index (χ0n) is 16.8. The van der Waals surface area contributed by atoms with Crippen LogP contribution in [0.2, 0.25) is 0 Å². The maximum atomic E-state index is 12.5. The summed E-state index contributed by atoms with van der Waals surface area (Å²) in [5.74, 6) is -4.91. The van der Waals surface area contributed by atoms with E-state index in [1.54, 1.807) is 51.1 Å². The van der Waals surface area contributed by atoms with E-state index in [0.717, 1.165) is 5.56 Å². The minimum absolute atomic E-state index is 0.138. The molecular weight excluding hydrogens is 396 g/mol. The highest BCUT2D eigenvalue weighted by Gasteiger charge is 2.45. The monoisotopic (exact) mass is 420 g/mol. The Balaban J connectivity index is 2.12. The van der Waals surface area contributed by atoms with Crippen LogP contribution in [-0.4, -0.2) is 52.7 Å². The molecule has 0 unspecified atom stereocenters. The lowest BCUT2D eigenvalue weighted by Gasteiger charge is -2.23. The third-order valence-corrected chi connectivity index (χ3v) is 4.10. The number of carboxylic acids is 1. The molecule has 0 aliphatic carbocycles. The summed E-state index contributed by atoms with van der Waals surface area (Å²) in [5, 5.41) is 13.3. The van der Waals surface area contributed by atoms with Gasteiger partial charge in [-0.2, -0.15) is 0 Å². The van der Waals surface area contributed by atoms with E-state index in [-0.39, 0.29) is 6.42 Å². The molecule has 1 aromatic rings. The molecule has 1 fully saturated rings. The molecule has 1 aliphatic rings. The van der Waals surface area contributed by atoms with Crippen LogP contribution in [0.25, 0.3) is 0 Å². The molecule has 0 spiro atoms. The quantitative estimate of drug-likeness (QED) is 0.433. The summed E-state index contributed by atoms with van der Waals surface area (Å²) in [4.78, 5) is 59.9. The van der Waals surface area contributed by atoms with Crippen LogP contribution >= 0.6 is 0 Å². The Labute approximate surface area is 172 Å². The Morgan fingerprint density at radius 2 is 1.77 bits per heavy atom. The van der Waals surface area contributed by atoms with Gasteiger partial charge < -0.3 is 19.9 Å². The standard InChI is InChI=1S/C20H24N2O8/c1-20(2,3)30-19(28)21-13(10-14(23)24)18(27)29-15-12(16(25)22-17(15)26)9-11-7-5-4-6-8-11/h4-8,12-13,15H,9-10H2,1-3H3,(H,21,28)(H,23,24)(H,22,25,26)/t12-,13+,15+/m0/s1. The number of rotatable bonds is 7. The van der Waals surface area contributed by atoms with Gasteiger partial charge in [0.25, 0.3) is 5.91 Å². The van der Waals surface area contributed by atoms with Gasteiger partial charge in [-0.1, -0.05) is 30.3 Å². The van der Waals surface area contributed by atoms with Crippen molar-refractivity contribution in [2.24, 2.45) is 5.92 Å². The molecule has 10 heteroatoms. The fourth-order valence-electron chi connectivity index (χ4n) is 2.83. The van der Waals surface area contributed by atoms with Gasteiger partial charge >= 0.3 is 18.0 Å². The number of alkyl carbamates (subject to hydrolysis) is 1. The minimum Gasteiger partial charge on any atom is -0.481 e. The summed E-state index contributed by atoms with van der Waals surface area (Å²) in [5.41, 5.74) is -0.123. The van der Waals surface area contributed by atoms with Gasteiger partial charge in [0, 0.05) is 0 Å². The van der Waals surface area contributed by atoms with Crippen molar-refractivity contribution in [3.05, 3.63) is 35.9 Å². The molecule has 3 N–H and O–H groups in total. The molecule has 1 aliphatic heterocycles. The predicted molar refractivity (Wildman–Crippen MR) is 102 cm³/mol. The van der Waals surface area contributed by atoms with E-state index in [9.17, 15) is 24.0 Å². The number of amides is 3. The van der Waals surface area contributed by atoms with E-state index >= 15 is 0 Å². The lowest BCUT2D eigenvalue weighted by atomic mass is 9.95. The number of hydrogen-bond acceptors (Lipinski definition) is 7. The number of carbonyl (C=O) groups is 5. The zero-order valence-corrected chi connectivity index (χ0v) is 16.8. The fraction of sp³-hybridized carbons (Fsp3) is 0.450. The van der Waals surface area contributed by atoms with Gasteiger partial charge in [-0.25, -0.2) is 9.59 Å². The van der Waals surface area contributed by atoms with Crippen LogP contribution in [-0.2, 0) is 35.1 Å². The topological polar surface area (TPSA) is 148 Å². The Morgan fingerprint density at radius 1 is 1.13 bits per heavy atom. The van der Waals surface area contributed by atoms with E-state index in [2.05, 4.69) is 10.6 Å². The summed E-state index contributed by atoms with van der Waals surface area (Å²) in [6, 6.07) is 7.23. The number of ether oxygens (including phenoxy) is 2. The third kappa shape index (κ3) is 6.57. The number of hydrogen-bond donors (Lipinski definition) is 3. The number of benzene rings is 1. The van der Waals surface area contributed by atoms with E-state index in [1.165, 1.54) is 0 Å². The number of imide groups is 1. The lowest BCUT2D eigenvalue weighted by molar-refractivity contribution is -0.160. The fourth-order valence-corrected chi connectivity index (χ4v) is 2.83. The van der Waals surface area contributed by atoms with Gasteiger partial charge in [-0.15, -0.1) is 0 Å². The van der Waals surface area contributed by atoms with Crippen molar-refractivity contribution in [3.63, 3.8) is 0 Å². The number of carboxylic acid groups (broad SMARTS) is 1. The average Bonchev–Trinajstić information content (AvgIpc) is 2.87. The number of esters is 1. The highest BCUT2D eigenvalue weighted by Crippen LogP contribution is 2.22. The molecule has 1 saturated heterocycles. The molecule has 30 heavy (non-hydrogen) atoms. The van der Waals surface area contributed by atoms with Gasteiger partial charge in [-0.05, 0) is 32.8 Å². The molecule has 3 amide bonds. The van der Waals surface area contributed by atoms with Crippen LogP contribution in [0.3, 0.4) is 0 Å². The summed E-state index contributed by atoms with van der Waals surface area (Å²) < 4.78 is 10.2. The number of nitrogens with one attached hydrogen (secondary N) is 2. The van der Waals surface area contributed by atoms with Gasteiger partial charge in [0.05, 0.1) is 12.3 Å². The second kappa shape index (κ2) is 9.38. The SMILES string of the molecule is CC(C)(C)OC(=O)N[C@H](CC(=O)O)C(=O)O[C@H]1C(=O)NC(=O)[C@H]1Cc1ccccc1. The molecule has 1 heterocycles. The highest BCUT2D eigenvalue weighted by atomic mass is 16.6. The van der Waals surface area contributed by atoms with Crippen LogP contribution in [0.15, 0.2) is 30.3 Å². The summed E-state index contributed by atoms with van der Waals surface area (Å²) in [6.07, 6.45) is -3.11. The minimum atomic E-state index is -1.60. The van der Waals surface area contributed by atoms with Crippen molar-refractivity contribution in [3.8, 4) is 0 Å². The molecule has 3 atom stereocenters.